The number of aromatic nitrogens is 4. The van der Waals surface area contributed by atoms with E-state index in [0.717, 1.165) is 16.9 Å². The molecule has 0 amide bonds. The van der Waals surface area contributed by atoms with Crippen LogP contribution in [0.4, 0.5) is 0 Å². The predicted molar refractivity (Wildman–Crippen MR) is 89.2 cm³/mol. The number of hydrogen-bond acceptors (Lipinski definition) is 6. The molecule has 1 unspecified atom stereocenters. The maximum absolute atomic E-state index is 12.6. The normalized spacial score (nSPS) is 12.0. The molecule has 0 saturated carbocycles. The van der Waals surface area contributed by atoms with E-state index >= 15 is 0 Å². The molecule has 0 aromatic carbocycles. The molecule has 0 bridgehead atoms. The number of rotatable bonds is 5. The van der Waals surface area contributed by atoms with Gasteiger partial charge in [0, 0.05) is 28.5 Å². The van der Waals surface area contributed by atoms with Crippen LogP contribution in [0, 0.1) is 13.8 Å². The zero-order chi connectivity index (χ0) is 17.3. The first-order chi connectivity index (χ1) is 11.5. The van der Waals surface area contributed by atoms with Crippen molar-refractivity contribution in [2.45, 2.75) is 31.4 Å². The SMILES string of the molecule is COc1c(C)cnc(CS(=O)c2nc3ccc(CO)nc3[n-]2)c1C.[K+]. The summed E-state index contributed by atoms with van der Waals surface area (Å²) in [6.45, 7) is 3.63. The Morgan fingerprint density at radius 1 is 1.28 bits per heavy atom. The van der Waals surface area contributed by atoms with Crippen LogP contribution in [0.3, 0.4) is 0 Å². The molecule has 3 heterocycles. The van der Waals surface area contributed by atoms with Crippen LogP contribution < -0.4 is 61.1 Å². The van der Waals surface area contributed by atoms with Gasteiger partial charge in [0.25, 0.3) is 0 Å². The number of methoxy groups -OCH3 is 1. The molecule has 3 aromatic rings. The summed E-state index contributed by atoms with van der Waals surface area (Å²) in [5, 5.41) is 9.34. The Morgan fingerprint density at radius 3 is 2.72 bits per heavy atom. The summed E-state index contributed by atoms with van der Waals surface area (Å²) in [5.41, 5.74) is 3.93. The average molecular weight is 385 g/mol. The molecule has 0 aliphatic rings. The predicted octanol–water partition coefficient (Wildman–Crippen LogP) is -1.59. The third-order valence-electron chi connectivity index (χ3n) is 3.71. The summed E-state index contributed by atoms with van der Waals surface area (Å²) in [6.07, 6.45) is 1.70. The second-order valence-electron chi connectivity index (χ2n) is 5.35. The van der Waals surface area contributed by atoms with Crippen molar-refractivity contribution in [1.29, 1.82) is 0 Å². The summed E-state index contributed by atoms with van der Waals surface area (Å²) in [7, 11) is 0.159. The van der Waals surface area contributed by atoms with E-state index in [1.54, 1.807) is 25.4 Å². The zero-order valence-electron chi connectivity index (χ0n) is 14.6. The number of aliphatic hydroxyl groups excluding tert-OH is 1. The van der Waals surface area contributed by atoms with Gasteiger partial charge in [-0.1, -0.05) is 12.1 Å². The van der Waals surface area contributed by atoms with Gasteiger partial charge in [-0.15, -0.1) is 0 Å². The van der Waals surface area contributed by atoms with Crippen LogP contribution in [0.5, 0.6) is 5.75 Å². The van der Waals surface area contributed by atoms with Gasteiger partial charge in [0.15, 0.2) is 0 Å². The van der Waals surface area contributed by atoms with E-state index in [9.17, 15) is 4.21 Å². The van der Waals surface area contributed by atoms with Crippen LogP contribution in [0.2, 0.25) is 0 Å². The fourth-order valence-electron chi connectivity index (χ4n) is 2.46. The van der Waals surface area contributed by atoms with Crippen LogP contribution in [-0.2, 0) is 23.2 Å². The van der Waals surface area contributed by atoms with Crippen molar-refractivity contribution in [3.63, 3.8) is 0 Å². The van der Waals surface area contributed by atoms with Crippen molar-refractivity contribution in [3.05, 3.63) is 40.8 Å². The van der Waals surface area contributed by atoms with Crippen molar-refractivity contribution in [1.82, 2.24) is 19.9 Å². The van der Waals surface area contributed by atoms with E-state index in [1.807, 2.05) is 13.8 Å². The van der Waals surface area contributed by atoms with Crippen LogP contribution >= 0.6 is 0 Å². The average Bonchev–Trinajstić information content (AvgIpc) is 3.01. The molecule has 3 aromatic heterocycles. The first-order valence-electron chi connectivity index (χ1n) is 7.32. The molecule has 25 heavy (non-hydrogen) atoms. The third kappa shape index (κ3) is 4.36. The molecule has 1 atom stereocenters. The van der Waals surface area contributed by atoms with E-state index in [2.05, 4.69) is 19.9 Å². The van der Waals surface area contributed by atoms with Gasteiger partial charge in [0.05, 0.1) is 41.1 Å². The van der Waals surface area contributed by atoms with Crippen LogP contribution in [0.15, 0.2) is 23.5 Å². The number of aryl methyl sites for hydroxylation is 1. The molecule has 126 valence electrons. The molecule has 0 fully saturated rings. The second kappa shape index (κ2) is 8.80. The Hall–Kier alpha value is -0.684. The summed E-state index contributed by atoms with van der Waals surface area (Å²) < 4.78 is 18.0. The van der Waals surface area contributed by atoms with Crippen molar-refractivity contribution in [3.8, 4) is 5.75 Å². The van der Waals surface area contributed by atoms with Gasteiger partial charge in [-0.05, 0) is 19.5 Å². The summed E-state index contributed by atoms with van der Waals surface area (Å²) in [4.78, 5) is 17.0. The Kier molecular flexibility index (Phi) is 7.26. The van der Waals surface area contributed by atoms with E-state index in [0.29, 0.717) is 22.6 Å². The van der Waals surface area contributed by atoms with Gasteiger partial charge in [0.1, 0.15) is 5.75 Å². The van der Waals surface area contributed by atoms with E-state index in [-0.39, 0.29) is 68.9 Å². The minimum Gasteiger partial charge on any atom is -0.496 e. The Balaban J connectivity index is 0.00000225. The Labute approximate surface area is 190 Å². The molecule has 0 aliphatic carbocycles. The first-order valence-corrected chi connectivity index (χ1v) is 8.64. The van der Waals surface area contributed by atoms with Crippen LogP contribution in [0.25, 0.3) is 11.2 Å². The second-order valence-corrected chi connectivity index (χ2v) is 6.69. The van der Waals surface area contributed by atoms with Gasteiger partial charge in [-0.3, -0.25) is 9.19 Å². The third-order valence-corrected chi connectivity index (χ3v) is 4.84. The molecule has 0 radical (unpaired) electrons. The van der Waals surface area contributed by atoms with Gasteiger partial charge in [-0.2, -0.15) is 0 Å². The molecular weight excluding hydrogens is 367 g/mol. The van der Waals surface area contributed by atoms with Crippen molar-refractivity contribution in [2.75, 3.05) is 7.11 Å². The first kappa shape index (κ1) is 20.6. The van der Waals surface area contributed by atoms with E-state index in [1.165, 1.54) is 0 Å². The molecule has 0 aliphatic heterocycles. The van der Waals surface area contributed by atoms with E-state index in [4.69, 9.17) is 9.84 Å². The van der Waals surface area contributed by atoms with Crippen LogP contribution in [-0.4, -0.2) is 31.4 Å². The maximum atomic E-state index is 12.6. The van der Waals surface area contributed by atoms with Crippen molar-refractivity contribution >= 4 is 22.0 Å². The summed E-state index contributed by atoms with van der Waals surface area (Å²) in [6, 6.07) is 3.38. The monoisotopic (exact) mass is 384 g/mol. The van der Waals surface area contributed by atoms with Crippen molar-refractivity contribution in [2.24, 2.45) is 0 Å². The van der Waals surface area contributed by atoms with Gasteiger partial charge < -0.3 is 24.8 Å². The quantitative estimate of drug-likeness (QED) is 0.530. The number of pyridine rings is 2. The molecular formula is C16H17KN4O3S. The Bertz CT molecular complexity index is 929. The number of nitrogens with zero attached hydrogens (tertiary/aromatic N) is 4. The minimum atomic E-state index is -1.45. The summed E-state index contributed by atoms with van der Waals surface area (Å²) >= 11 is 0. The number of aliphatic hydroxyl groups is 1. The van der Waals surface area contributed by atoms with Gasteiger partial charge >= 0.3 is 51.4 Å². The number of ether oxygens (including phenoxy) is 1. The molecule has 1 N–H and O–H groups in total. The Morgan fingerprint density at radius 2 is 2.04 bits per heavy atom. The number of hydrogen-bond donors (Lipinski definition) is 1. The minimum absolute atomic E-state index is 0. The smallest absolute Gasteiger partial charge is 0.496 e. The van der Waals surface area contributed by atoms with Crippen LogP contribution in [0.1, 0.15) is 22.5 Å². The fourth-order valence-corrected chi connectivity index (χ4v) is 3.52. The standard InChI is InChI=1S/C16H17N4O3S.K/c1-9-6-17-13(10(2)14(9)23-3)8-24(22)16-19-12-5-4-11(7-21)18-15(12)20-16;/h4-6,21H,7-8H2,1-3H3;/q-1;+1. The molecule has 7 nitrogen and oxygen atoms in total. The molecule has 0 saturated heterocycles. The number of fused-ring (bicyclic) bond motifs is 1. The molecule has 3 rings (SSSR count). The number of imidazole rings is 1. The van der Waals surface area contributed by atoms with E-state index < -0.39 is 10.8 Å². The zero-order valence-corrected chi connectivity index (χ0v) is 18.5. The van der Waals surface area contributed by atoms with Gasteiger partial charge in [0.2, 0.25) is 0 Å². The summed E-state index contributed by atoms with van der Waals surface area (Å²) in [5.74, 6) is 0.950. The molecule has 0 spiro atoms. The molecule has 9 heteroatoms. The topological polar surface area (TPSA) is 99.3 Å². The van der Waals surface area contributed by atoms with Gasteiger partial charge in [-0.25, -0.2) is 0 Å². The van der Waals surface area contributed by atoms with Crippen molar-refractivity contribution < 1.29 is 65.4 Å². The maximum Gasteiger partial charge on any atom is 1.00 e. The largest absolute Gasteiger partial charge is 1.00 e. The fraction of sp³-hybridized carbons (Fsp3) is 0.312.